The zero-order valence-electron chi connectivity index (χ0n) is 12.7. The largest absolute Gasteiger partial charge is 0.476 e. The predicted octanol–water partition coefficient (Wildman–Crippen LogP) is 2.54. The number of hydrogen-bond acceptors (Lipinski definition) is 4. The van der Waals surface area contributed by atoms with Gasteiger partial charge in [0, 0.05) is 11.6 Å². The fraction of sp³-hybridized carbons (Fsp3) is 0.250. The number of ether oxygens (including phenoxy) is 1. The third kappa shape index (κ3) is 5.21. The first-order valence-electron chi connectivity index (χ1n) is 7.14. The normalized spacial score (nSPS) is 12.8. The molecule has 0 aromatic heterocycles. The second-order valence-electron chi connectivity index (χ2n) is 5.03. The van der Waals surface area contributed by atoms with Crippen molar-refractivity contribution in [1.82, 2.24) is 4.72 Å². The van der Waals surface area contributed by atoms with Crippen LogP contribution in [0.2, 0.25) is 5.02 Å². The smallest absolute Gasteiger partial charge is 0.240 e. The number of rotatable bonds is 7. The van der Waals surface area contributed by atoms with Crippen LogP contribution < -0.4 is 15.2 Å². The van der Waals surface area contributed by atoms with E-state index in [4.69, 9.17) is 22.1 Å². The van der Waals surface area contributed by atoms with E-state index in [1.165, 1.54) is 12.1 Å². The van der Waals surface area contributed by atoms with E-state index in [0.717, 1.165) is 5.56 Å². The van der Waals surface area contributed by atoms with Gasteiger partial charge >= 0.3 is 0 Å². The first kappa shape index (κ1) is 17.7. The highest BCUT2D eigenvalue weighted by atomic mass is 35.5. The number of nitrogens with two attached hydrogens (primary N) is 1. The van der Waals surface area contributed by atoms with E-state index in [0.29, 0.717) is 17.2 Å². The highest BCUT2D eigenvalue weighted by molar-refractivity contribution is 7.89. The summed E-state index contributed by atoms with van der Waals surface area (Å²) < 4.78 is 32.5. The summed E-state index contributed by atoms with van der Waals surface area (Å²) in [5.74, 6) is 0.660. The minimum absolute atomic E-state index is 0.182. The van der Waals surface area contributed by atoms with Crippen molar-refractivity contribution < 1.29 is 13.2 Å². The predicted molar refractivity (Wildman–Crippen MR) is 91.1 cm³/mol. The van der Waals surface area contributed by atoms with Gasteiger partial charge in [-0.2, -0.15) is 0 Å². The van der Waals surface area contributed by atoms with Crippen molar-refractivity contribution in [1.29, 1.82) is 0 Å². The van der Waals surface area contributed by atoms with Crippen molar-refractivity contribution in [3.8, 4) is 5.75 Å². The second kappa shape index (κ2) is 7.79. The third-order valence-corrected chi connectivity index (χ3v) is 4.82. The van der Waals surface area contributed by atoms with Crippen LogP contribution in [0.15, 0.2) is 53.4 Å². The molecule has 23 heavy (non-hydrogen) atoms. The molecular weight excluding hydrogens is 336 g/mol. The van der Waals surface area contributed by atoms with E-state index in [1.54, 1.807) is 19.1 Å². The lowest BCUT2D eigenvalue weighted by Gasteiger charge is -2.14. The summed E-state index contributed by atoms with van der Waals surface area (Å²) in [5, 5.41) is 0.492. The Morgan fingerprint density at radius 3 is 2.48 bits per heavy atom. The van der Waals surface area contributed by atoms with Gasteiger partial charge in [-0.3, -0.25) is 5.73 Å². The van der Waals surface area contributed by atoms with Crippen molar-refractivity contribution in [2.45, 2.75) is 24.5 Å². The topological polar surface area (TPSA) is 81.4 Å². The number of nitrogens with one attached hydrogen (secondary N) is 1. The Labute approximate surface area is 141 Å². The molecule has 0 aliphatic carbocycles. The van der Waals surface area contributed by atoms with E-state index in [-0.39, 0.29) is 11.4 Å². The monoisotopic (exact) mass is 354 g/mol. The molecule has 0 saturated heterocycles. The van der Waals surface area contributed by atoms with E-state index in [2.05, 4.69) is 4.72 Å². The Hall–Kier alpha value is -1.60. The summed E-state index contributed by atoms with van der Waals surface area (Å²) in [6.07, 6.45) is 0.0670. The highest BCUT2D eigenvalue weighted by Crippen LogP contribution is 2.19. The van der Waals surface area contributed by atoms with Crippen LogP contribution >= 0.6 is 11.6 Å². The first-order valence-corrected chi connectivity index (χ1v) is 9.00. The van der Waals surface area contributed by atoms with Gasteiger partial charge in [0.15, 0.2) is 0 Å². The number of sulfonamides is 1. The summed E-state index contributed by atoms with van der Waals surface area (Å²) in [5.41, 5.74) is 6.53. The molecule has 0 spiro atoms. The van der Waals surface area contributed by atoms with Gasteiger partial charge in [-0.05, 0) is 49.2 Å². The van der Waals surface area contributed by atoms with E-state index in [1.807, 2.05) is 24.3 Å². The number of para-hydroxylation sites is 1. The average molecular weight is 355 g/mol. The van der Waals surface area contributed by atoms with Gasteiger partial charge in [0.2, 0.25) is 10.0 Å². The lowest BCUT2D eigenvalue weighted by atomic mass is 10.1. The van der Waals surface area contributed by atoms with Crippen LogP contribution in [-0.4, -0.2) is 21.2 Å². The standard InChI is InChI=1S/C16H19ClN2O3S/c1-12(18)22-16-5-3-2-4-13(16)10-11-19-23(20,21)15-8-6-14(17)7-9-15/h2-9,12,19H,10-11,18H2,1H3. The van der Waals surface area contributed by atoms with Crippen molar-refractivity contribution >= 4 is 21.6 Å². The molecule has 0 heterocycles. The van der Waals surface area contributed by atoms with Gasteiger partial charge in [0.25, 0.3) is 0 Å². The first-order chi connectivity index (χ1) is 10.9. The Morgan fingerprint density at radius 2 is 1.83 bits per heavy atom. The number of benzene rings is 2. The molecular formula is C16H19ClN2O3S. The van der Waals surface area contributed by atoms with Crippen LogP contribution in [0.25, 0.3) is 0 Å². The van der Waals surface area contributed by atoms with Crippen LogP contribution in [0.5, 0.6) is 5.75 Å². The maximum Gasteiger partial charge on any atom is 0.240 e. The van der Waals surface area contributed by atoms with Gasteiger partial charge in [-0.25, -0.2) is 13.1 Å². The van der Waals surface area contributed by atoms with Gasteiger partial charge in [-0.15, -0.1) is 0 Å². The third-order valence-electron chi connectivity index (χ3n) is 3.10. The molecule has 124 valence electrons. The molecule has 7 heteroatoms. The fourth-order valence-corrected chi connectivity index (χ4v) is 3.20. The minimum atomic E-state index is -3.56. The number of hydrogen-bond donors (Lipinski definition) is 2. The van der Waals surface area contributed by atoms with Crippen molar-refractivity contribution in [2.24, 2.45) is 5.73 Å². The van der Waals surface area contributed by atoms with Crippen molar-refractivity contribution in [3.05, 3.63) is 59.1 Å². The Kier molecular flexibility index (Phi) is 6.01. The molecule has 3 N–H and O–H groups in total. The summed E-state index contributed by atoms with van der Waals surface area (Å²) >= 11 is 5.77. The van der Waals surface area contributed by atoms with Gasteiger partial charge in [-0.1, -0.05) is 29.8 Å². The summed E-state index contributed by atoms with van der Waals surface area (Å²) in [6.45, 7) is 1.99. The molecule has 1 unspecified atom stereocenters. The quantitative estimate of drug-likeness (QED) is 0.749. The van der Waals surface area contributed by atoms with Crippen LogP contribution in [0, 0.1) is 0 Å². The zero-order valence-corrected chi connectivity index (χ0v) is 14.3. The molecule has 0 aliphatic heterocycles. The molecule has 2 aromatic rings. The van der Waals surface area contributed by atoms with Gasteiger partial charge in [0.1, 0.15) is 12.0 Å². The Bertz CT molecular complexity index is 746. The molecule has 0 amide bonds. The fourth-order valence-electron chi connectivity index (χ4n) is 2.04. The molecule has 0 saturated carbocycles. The summed E-state index contributed by atoms with van der Waals surface area (Å²) in [7, 11) is -3.56. The molecule has 5 nitrogen and oxygen atoms in total. The van der Waals surface area contributed by atoms with Crippen LogP contribution in [-0.2, 0) is 16.4 Å². The second-order valence-corrected chi connectivity index (χ2v) is 7.24. The molecule has 0 fully saturated rings. The van der Waals surface area contributed by atoms with E-state index in [9.17, 15) is 8.42 Å². The number of halogens is 1. The molecule has 0 aliphatic rings. The molecule has 2 rings (SSSR count). The molecule has 2 aromatic carbocycles. The maximum absolute atomic E-state index is 12.2. The zero-order chi connectivity index (χ0) is 16.9. The molecule has 0 bridgehead atoms. The molecule has 1 atom stereocenters. The van der Waals surface area contributed by atoms with Crippen molar-refractivity contribution in [3.63, 3.8) is 0 Å². The Balaban J connectivity index is 2.01. The lowest BCUT2D eigenvalue weighted by molar-refractivity contribution is 0.228. The van der Waals surface area contributed by atoms with Crippen LogP contribution in [0.3, 0.4) is 0 Å². The van der Waals surface area contributed by atoms with Crippen molar-refractivity contribution in [2.75, 3.05) is 6.54 Å². The Morgan fingerprint density at radius 1 is 1.17 bits per heavy atom. The lowest BCUT2D eigenvalue weighted by Crippen LogP contribution is -2.27. The van der Waals surface area contributed by atoms with E-state index < -0.39 is 16.3 Å². The SMILES string of the molecule is CC(N)Oc1ccccc1CCNS(=O)(=O)c1ccc(Cl)cc1. The average Bonchev–Trinajstić information content (AvgIpc) is 2.49. The van der Waals surface area contributed by atoms with Gasteiger partial charge in [0.05, 0.1) is 4.90 Å². The summed E-state index contributed by atoms with van der Waals surface area (Å²) in [4.78, 5) is 0.182. The van der Waals surface area contributed by atoms with Crippen LogP contribution in [0.1, 0.15) is 12.5 Å². The van der Waals surface area contributed by atoms with E-state index >= 15 is 0 Å². The van der Waals surface area contributed by atoms with Gasteiger partial charge < -0.3 is 4.74 Å². The summed E-state index contributed by atoms with van der Waals surface area (Å²) in [6, 6.07) is 13.4. The maximum atomic E-state index is 12.2. The van der Waals surface area contributed by atoms with Crippen LogP contribution in [0.4, 0.5) is 0 Å². The highest BCUT2D eigenvalue weighted by Gasteiger charge is 2.13. The minimum Gasteiger partial charge on any atom is -0.476 e. The molecule has 0 radical (unpaired) electrons.